The molecular formula is C16H13Cl2N3O3S. The molecule has 0 saturated heterocycles. The molecule has 1 aromatic carbocycles. The van der Waals surface area contributed by atoms with Crippen LogP contribution in [-0.2, 0) is 17.8 Å². The second-order valence-corrected chi connectivity index (χ2v) is 7.50. The molecule has 9 heteroatoms. The van der Waals surface area contributed by atoms with Gasteiger partial charge in [0.25, 0.3) is 5.56 Å². The van der Waals surface area contributed by atoms with Crippen molar-refractivity contribution in [3.05, 3.63) is 54.4 Å². The number of hydrogen-bond acceptors (Lipinski definition) is 5. The van der Waals surface area contributed by atoms with Crippen LogP contribution in [0.2, 0.25) is 10.0 Å². The Labute approximate surface area is 156 Å². The fourth-order valence-electron chi connectivity index (χ4n) is 2.46. The zero-order valence-electron chi connectivity index (χ0n) is 13.3. The maximum absolute atomic E-state index is 12.5. The monoisotopic (exact) mass is 397 g/mol. The summed E-state index contributed by atoms with van der Waals surface area (Å²) in [5, 5.41) is 14.8. The summed E-state index contributed by atoms with van der Waals surface area (Å²) in [4.78, 5) is 27.9. The first kappa shape index (κ1) is 17.8. The average Bonchev–Trinajstić information content (AvgIpc) is 2.92. The van der Waals surface area contributed by atoms with Crippen molar-refractivity contribution in [3.63, 3.8) is 0 Å². The Hall–Kier alpha value is -1.96. The van der Waals surface area contributed by atoms with Crippen LogP contribution in [0.4, 0.5) is 0 Å². The second-order valence-electron chi connectivity index (χ2n) is 5.57. The molecule has 3 rings (SSSR count). The number of rotatable bonds is 4. The highest BCUT2D eigenvalue weighted by molar-refractivity contribution is 7.19. The van der Waals surface area contributed by atoms with E-state index in [-0.39, 0.29) is 18.5 Å². The quantitative estimate of drug-likeness (QED) is 0.728. The minimum Gasteiger partial charge on any atom is -0.481 e. The molecule has 2 heterocycles. The van der Waals surface area contributed by atoms with E-state index in [1.54, 1.807) is 26.0 Å². The number of hydrogen-bond donors (Lipinski definition) is 1. The van der Waals surface area contributed by atoms with Gasteiger partial charge in [-0.2, -0.15) is 5.10 Å². The van der Waals surface area contributed by atoms with Crippen molar-refractivity contribution in [2.75, 3.05) is 0 Å². The minimum absolute atomic E-state index is 0.139. The summed E-state index contributed by atoms with van der Waals surface area (Å²) in [6, 6.07) is 3.34. The first-order chi connectivity index (χ1) is 11.8. The van der Waals surface area contributed by atoms with Crippen LogP contribution in [0.1, 0.15) is 21.8 Å². The van der Waals surface area contributed by atoms with Crippen LogP contribution in [-0.4, -0.2) is 25.8 Å². The summed E-state index contributed by atoms with van der Waals surface area (Å²) >= 11 is 13.5. The van der Waals surface area contributed by atoms with Crippen molar-refractivity contribution in [1.29, 1.82) is 0 Å². The third-order valence-electron chi connectivity index (χ3n) is 3.85. The number of carboxylic acid groups (broad SMARTS) is 1. The third-order valence-corrected chi connectivity index (χ3v) is 5.57. The van der Waals surface area contributed by atoms with E-state index in [9.17, 15) is 9.59 Å². The number of aliphatic carboxylic acids is 1. The molecule has 0 spiro atoms. The van der Waals surface area contributed by atoms with E-state index >= 15 is 0 Å². The van der Waals surface area contributed by atoms with Gasteiger partial charge in [-0.3, -0.25) is 9.59 Å². The fraction of sp³-hybridized carbons (Fsp3) is 0.250. The normalized spacial score (nSPS) is 11.2. The topological polar surface area (TPSA) is 85.1 Å². The van der Waals surface area contributed by atoms with Crippen molar-refractivity contribution in [1.82, 2.24) is 14.8 Å². The highest BCUT2D eigenvalue weighted by Gasteiger charge is 2.15. The molecule has 0 fully saturated rings. The third kappa shape index (κ3) is 3.53. The Kier molecular flexibility index (Phi) is 4.81. The van der Waals surface area contributed by atoms with Gasteiger partial charge in [-0.25, -0.2) is 9.67 Å². The first-order valence-corrected chi connectivity index (χ1v) is 8.87. The van der Waals surface area contributed by atoms with Crippen LogP contribution in [0.25, 0.3) is 10.2 Å². The Balaban J connectivity index is 2.06. The van der Waals surface area contributed by atoms with Crippen molar-refractivity contribution in [2.24, 2.45) is 0 Å². The van der Waals surface area contributed by atoms with Gasteiger partial charge in [0.1, 0.15) is 5.01 Å². The molecule has 0 saturated carbocycles. The Morgan fingerprint density at radius 2 is 2.00 bits per heavy atom. The van der Waals surface area contributed by atoms with Crippen LogP contribution in [0.5, 0.6) is 0 Å². The lowest BCUT2D eigenvalue weighted by Crippen LogP contribution is -2.28. The van der Waals surface area contributed by atoms with E-state index in [1.165, 1.54) is 16.0 Å². The largest absolute Gasteiger partial charge is 0.481 e. The highest BCUT2D eigenvalue weighted by atomic mass is 35.5. The lowest BCUT2D eigenvalue weighted by atomic mass is 10.1. The Morgan fingerprint density at radius 3 is 2.68 bits per heavy atom. The second kappa shape index (κ2) is 6.74. The summed E-state index contributed by atoms with van der Waals surface area (Å²) in [5.41, 5.74) is 1.83. The molecule has 130 valence electrons. The van der Waals surface area contributed by atoms with E-state index in [4.69, 9.17) is 28.3 Å². The first-order valence-electron chi connectivity index (χ1n) is 7.29. The maximum Gasteiger partial charge on any atom is 0.309 e. The summed E-state index contributed by atoms with van der Waals surface area (Å²) in [5.74, 6) is -0.999. The lowest BCUT2D eigenvalue weighted by Gasteiger charge is -2.10. The van der Waals surface area contributed by atoms with Gasteiger partial charge >= 0.3 is 5.97 Å². The molecule has 1 N–H and O–H groups in total. The van der Waals surface area contributed by atoms with Crippen LogP contribution >= 0.6 is 34.5 Å². The molecule has 0 amide bonds. The highest BCUT2D eigenvalue weighted by Crippen LogP contribution is 2.32. The van der Waals surface area contributed by atoms with Crippen molar-refractivity contribution < 1.29 is 9.90 Å². The molecule has 6 nitrogen and oxygen atoms in total. The molecule has 3 aromatic rings. The Bertz CT molecular complexity index is 1060. The molecule has 25 heavy (non-hydrogen) atoms. The van der Waals surface area contributed by atoms with Gasteiger partial charge < -0.3 is 5.11 Å². The molecule has 2 aromatic heterocycles. The standard InChI is InChI=1S/C16H13Cl2N3O3S/c1-7-8(2)16(24)21(20-11(7)5-14(22)23)6-13-19-12-4-9(17)3-10(18)15(12)25-13/h3-4H,5-6H2,1-2H3,(H,22,23). The summed E-state index contributed by atoms with van der Waals surface area (Å²) in [7, 11) is 0. The summed E-state index contributed by atoms with van der Waals surface area (Å²) < 4.78 is 2.03. The number of nitrogens with zero attached hydrogens (tertiary/aromatic N) is 3. The molecule has 0 aliphatic carbocycles. The number of fused-ring (bicyclic) bond motifs is 1. The lowest BCUT2D eigenvalue weighted by molar-refractivity contribution is -0.136. The smallest absolute Gasteiger partial charge is 0.309 e. The molecule has 0 aliphatic heterocycles. The summed E-state index contributed by atoms with van der Waals surface area (Å²) in [6.45, 7) is 3.50. The molecular weight excluding hydrogens is 385 g/mol. The maximum atomic E-state index is 12.5. The fourth-order valence-corrected chi connectivity index (χ4v) is 3.99. The average molecular weight is 398 g/mol. The SMILES string of the molecule is Cc1c(CC(=O)O)nn(Cc2nc3cc(Cl)cc(Cl)c3s2)c(=O)c1C. The number of thiazole rings is 1. The molecule has 0 bridgehead atoms. The Morgan fingerprint density at radius 1 is 1.28 bits per heavy atom. The number of carbonyl (C=O) groups is 1. The van der Waals surface area contributed by atoms with E-state index < -0.39 is 5.97 Å². The molecule has 0 aliphatic rings. The van der Waals surface area contributed by atoms with Gasteiger partial charge in [0.2, 0.25) is 0 Å². The van der Waals surface area contributed by atoms with Crippen molar-refractivity contribution in [2.45, 2.75) is 26.8 Å². The van der Waals surface area contributed by atoms with E-state index in [2.05, 4.69) is 10.1 Å². The van der Waals surface area contributed by atoms with Gasteiger partial charge in [-0.05, 0) is 31.5 Å². The zero-order valence-corrected chi connectivity index (χ0v) is 15.7. The van der Waals surface area contributed by atoms with Gasteiger partial charge in [-0.15, -0.1) is 11.3 Å². The molecule has 0 radical (unpaired) electrons. The van der Waals surface area contributed by atoms with E-state index in [0.717, 1.165) is 4.70 Å². The number of carboxylic acids is 1. The van der Waals surface area contributed by atoms with E-state index in [0.29, 0.717) is 37.4 Å². The predicted molar refractivity (Wildman–Crippen MR) is 98.1 cm³/mol. The van der Waals surface area contributed by atoms with Crippen LogP contribution in [0, 0.1) is 13.8 Å². The van der Waals surface area contributed by atoms with E-state index in [1.807, 2.05) is 0 Å². The summed E-state index contributed by atoms with van der Waals surface area (Å²) in [6.07, 6.45) is -0.242. The van der Waals surface area contributed by atoms with Crippen molar-refractivity contribution in [3.8, 4) is 0 Å². The minimum atomic E-state index is -0.999. The number of halogens is 2. The van der Waals surface area contributed by atoms with Gasteiger partial charge in [0.05, 0.1) is 33.9 Å². The van der Waals surface area contributed by atoms with Crippen LogP contribution in [0.3, 0.4) is 0 Å². The van der Waals surface area contributed by atoms with Crippen LogP contribution in [0.15, 0.2) is 16.9 Å². The van der Waals surface area contributed by atoms with Crippen LogP contribution < -0.4 is 5.56 Å². The van der Waals surface area contributed by atoms with Gasteiger partial charge in [0, 0.05) is 10.6 Å². The molecule has 0 atom stereocenters. The zero-order chi connectivity index (χ0) is 18.3. The van der Waals surface area contributed by atoms with Gasteiger partial charge in [0.15, 0.2) is 0 Å². The molecule has 0 unspecified atom stereocenters. The van der Waals surface area contributed by atoms with Crippen molar-refractivity contribution >= 4 is 50.7 Å². The predicted octanol–water partition coefficient (Wildman–Crippen LogP) is 3.45. The number of benzene rings is 1. The number of aromatic nitrogens is 3. The van der Waals surface area contributed by atoms with Gasteiger partial charge in [-0.1, -0.05) is 23.2 Å².